The highest BCUT2D eigenvalue weighted by Crippen LogP contribution is 2.23. The molecule has 0 fully saturated rings. The Morgan fingerprint density at radius 1 is 1.04 bits per heavy atom. The van der Waals surface area contributed by atoms with Gasteiger partial charge in [-0.2, -0.15) is 5.10 Å². The normalized spacial score (nSPS) is 10.9. The molecule has 0 amide bonds. The summed E-state index contributed by atoms with van der Waals surface area (Å²) in [5.41, 5.74) is 6.71. The van der Waals surface area contributed by atoms with Gasteiger partial charge in [0.15, 0.2) is 0 Å². The Morgan fingerprint density at radius 3 is 2.30 bits per heavy atom. The maximum atomic E-state index is 10.7. The number of nitrogens with one attached hydrogen (secondary N) is 1. The van der Waals surface area contributed by atoms with Gasteiger partial charge in [0.25, 0.3) is 0 Å². The minimum absolute atomic E-state index is 0.109. The summed E-state index contributed by atoms with van der Waals surface area (Å²) in [7, 11) is 0. The van der Waals surface area contributed by atoms with E-state index in [4.69, 9.17) is 10.2 Å². The first-order chi connectivity index (χ1) is 13.0. The molecule has 0 unspecified atom stereocenters. The molecule has 0 spiro atoms. The third kappa shape index (κ3) is 5.28. The van der Waals surface area contributed by atoms with Gasteiger partial charge in [0.05, 0.1) is 18.7 Å². The molecule has 0 radical (unpaired) electrons. The average molecular weight is 363 g/mol. The molecule has 140 valence electrons. The highest BCUT2D eigenvalue weighted by Gasteiger charge is 2.12. The van der Waals surface area contributed by atoms with Gasteiger partial charge in [0.1, 0.15) is 0 Å². The van der Waals surface area contributed by atoms with Crippen molar-refractivity contribution in [1.82, 2.24) is 15.1 Å². The Labute approximate surface area is 159 Å². The molecular weight excluding hydrogens is 338 g/mol. The molecule has 5 heteroatoms. The van der Waals surface area contributed by atoms with E-state index in [9.17, 15) is 4.79 Å². The Morgan fingerprint density at radius 2 is 1.67 bits per heavy atom. The second-order valence-corrected chi connectivity index (χ2v) is 6.87. The number of aliphatic carboxylic acids is 1. The minimum atomic E-state index is -0.795. The summed E-state index contributed by atoms with van der Waals surface area (Å²) >= 11 is 0. The van der Waals surface area contributed by atoms with Gasteiger partial charge < -0.3 is 10.4 Å². The molecule has 2 N–H and O–H groups in total. The minimum Gasteiger partial charge on any atom is -0.481 e. The molecule has 0 aliphatic heterocycles. The van der Waals surface area contributed by atoms with Crippen LogP contribution in [0.15, 0.2) is 54.7 Å². The zero-order valence-electron chi connectivity index (χ0n) is 15.8. The maximum Gasteiger partial charge on any atom is 0.304 e. The number of hydrogen-bond donors (Lipinski definition) is 2. The number of carbonyl (C=O) groups is 1. The molecule has 1 aromatic heterocycles. The summed E-state index contributed by atoms with van der Waals surface area (Å²) in [6, 6.07) is 16.8. The van der Waals surface area contributed by atoms with Crippen molar-refractivity contribution in [3.63, 3.8) is 0 Å². The first-order valence-corrected chi connectivity index (χ1v) is 9.12. The first-order valence-electron chi connectivity index (χ1n) is 9.12. The fourth-order valence-corrected chi connectivity index (χ4v) is 2.93. The maximum absolute atomic E-state index is 10.7. The largest absolute Gasteiger partial charge is 0.481 e. The number of nitrogens with zero attached hydrogens (tertiary/aromatic N) is 2. The van der Waals surface area contributed by atoms with Crippen LogP contribution < -0.4 is 5.32 Å². The van der Waals surface area contributed by atoms with Crippen molar-refractivity contribution in [2.45, 2.75) is 33.4 Å². The molecule has 0 atom stereocenters. The summed E-state index contributed by atoms with van der Waals surface area (Å²) in [4.78, 5) is 10.7. The monoisotopic (exact) mass is 363 g/mol. The van der Waals surface area contributed by atoms with E-state index < -0.39 is 5.97 Å². The van der Waals surface area contributed by atoms with Crippen molar-refractivity contribution in [3.8, 4) is 11.3 Å². The van der Waals surface area contributed by atoms with Crippen molar-refractivity contribution in [1.29, 1.82) is 0 Å². The van der Waals surface area contributed by atoms with Crippen molar-refractivity contribution < 1.29 is 9.90 Å². The van der Waals surface area contributed by atoms with Crippen LogP contribution in [-0.4, -0.2) is 27.4 Å². The van der Waals surface area contributed by atoms with E-state index in [1.807, 2.05) is 10.9 Å². The first kappa shape index (κ1) is 18.9. The van der Waals surface area contributed by atoms with E-state index in [0.29, 0.717) is 19.6 Å². The predicted octanol–water partition coefficient (Wildman–Crippen LogP) is 3.78. The quantitative estimate of drug-likeness (QED) is 0.598. The zero-order chi connectivity index (χ0) is 19.2. The van der Waals surface area contributed by atoms with Crippen LogP contribution in [0, 0.1) is 13.8 Å². The van der Waals surface area contributed by atoms with E-state index in [-0.39, 0.29) is 6.42 Å². The third-order valence-electron chi connectivity index (χ3n) is 4.46. The van der Waals surface area contributed by atoms with Gasteiger partial charge in [-0.1, -0.05) is 59.7 Å². The lowest BCUT2D eigenvalue weighted by molar-refractivity contribution is -0.136. The highest BCUT2D eigenvalue weighted by atomic mass is 16.4. The van der Waals surface area contributed by atoms with Crippen LogP contribution >= 0.6 is 0 Å². The zero-order valence-corrected chi connectivity index (χ0v) is 15.8. The van der Waals surface area contributed by atoms with Gasteiger partial charge >= 0.3 is 5.97 Å². The van der Waals surface area contributed by atoms with Crippen LogP contribution in [0.1, 0.15) is 28.7 Å². The van der Waals surface area contributed by atoms with Crippen LogP contribution in [0.3, 0.4) is 0 Å². The number of carboxylic acids is 1. The fourth-order valence-electron chi connectivity index (χ4n) is 2.93. The van der Waals surface area contributed by atoms with Gasteiger partial charge in [-0.15, -0.1) is 0 Å². The topological polar surface area (TPSA) is 67.2 Å². The van der Waals surface area contributed by atoms with E-state index in [0.717, 1.165) is 16.8 Å². The Kier molecular flexibility index (Phi) is 6.04. The average Bonchev–Trinajstić information content (AvgIpc) is 3.04. The van der Waals surface area contributed by atoms with E-state index in [1.54, 1.807) is 0 Å². The summed E-state index contributed by atoms with van der Waals surface area (Å²) in [5, 5.41) is 16.8. The van der Waals surface area contributed by atoms with Gasteiger partial charge in [0, 0.05) is 30.4 Å². The SMILES string of the molecule is Cc1ccc(Cn2cc(CNCCC(=O)O)c(-c3ccc(C)cc3)n2)cc1. The van der Waals surface area contributed by atoms with E-state index >= 15 is 0 Å². The molecule has 0 bridgehead atoms. The molecule has 0 saturated heterocycles. The van der Waals surface area contributed by atoms with E-state index in [2.05, 4.69) is 67.7 Å². The highest BCUT2D eigenvalue weighted by molar-refractivity contribution is 5.67. The van der Waals surface area contributed by atoms with Crippen molar-refractivity contribution in [2.75, 3.05) is 6.54 Å². The second-order valence-electron chi connectivity index (χ2n) is 6.87. The van der Waals surface area contributed by atoms with Crippen LogP contribution in [-0.2, 0) is 17.9 Å². The molecule has 0 aliphatic carbocycles. The van der Waals surface area contributed by atoms with Crippen molar-refractivity contribution >= 4 is 5.97 Å². The summed E-state index contributed by atoms with van der Waals surface area (Å²) < 4.78 is 1.95. The number of aromatic nitrogens is 2. The smallest absolute Gasteiger partial charge is 0.304 e. The van der Waals surface area contributed by atoms with Crippen molar-refractivity contribution in [2.24, 2.45) is 0 Å². The third-order valence-corrected chi connectivity index (χ3v) is 4.46. The molecule has 27 heavy (non-hydrogen) atoms. The van der Waals surface area contributed by atoms with Crippen LogP contribution in [0.5, 0.6) is 0 Å². The molecule has 3 aromatic rings. The van der Waals surface area contributed by atoms with Gasteiger partial charge in [-0.25, -0.2) is 0 Å². The van der Waals surface area contributed by atoms with Gasteiger partial charge in [-0.3, -0.25) is 9.48 Å². The number of hydrogen-bond acceptors (Lipinski definition) is 3. The fraction of sp³-hybridized carbons (Fsp3) is 0.273. The lowest BCUT2D eigenvalue weighted by atomic mass is 10.1. The summed E-state index contributed by atoms with van der Waals surface area (Å²) in [6.45, 7) is 5.87. The molecule has 0 saturated carbocycles. The number of aryl methyl sites for hydroxylation is 2. The molecule has 2 aromatic carbocycles. The molecule has 3 rings (SSSR count). The lowest BCUT2D eigenvalue weighted by Crippen LogP contribution is -2.17. The predicted molar refractivity (Wildman–Crippen MR) is 107 cm³/mol. The standard InChI is InChI=1S/C22H25N3O2/c1-16-3-7-18(8-4-16)14-25-15-20(13-23-12-11-21(26)27)22(24-25)19-9-5-17(2)6-10-19/h3-10,15,23H,11-14H2,1-2H3,(H,26,27). The molecule has 0 aliphatic rings. The van der Waals surface area contributed by atoms with Crippen LogP contribution in [0.2, 0.25) is 0 Å². The van der Waals surface area contributed by atoms with Gasteiger partial charge in [0.2, 0.25) is 0 Å². The molecular formula is C22H25N3O2. The van der Waals surface area contributed by atoms with Crippen LogP contribution in [0.25, 0.3) is 11.3 Å². The lowest BCUT2D eigenvalue weighted by Gasteiger charge is -2.04. The van der Waals surface area contributed by atoms with Gasteiger partial charge in [-0.05, 0) is 19.4 Å². The summed E-state index contributed by atoms with van der Waals surface area (Å²) in [5.74, 6) is -0.795. The second kappa shape index (κ2) is 8.64. The number of rotatable bonds is 8. The number of benzene rings is 2. The Balaban J connectivity index is 1.82. The number of carboxylic acid groups (broad SMARTS) is 1. The Bertz CT molecular complexity index is 896. The van der Waals surface area contributed by atoms with Crippen molar-refractivity contribution in [3.05, 3.63) is 77.0 Å². The summed E-state index contributed by atoms with van der Waals surface area (Å²) in [6.07, 6.45) is 2.15. The molecule has 5 nitrogen and oxygen atoms in total. The van der Waals surface area contributed by atoms with E-state index in [1.165, 1.54) is 16.7 Å². The van der Waals surface area contributed by atoms with Crippen LogP contribution in [0.4, 0.5) is 0 Å². The molecule has 1 heterocycles. The Hall–Kier alpha value is -2.92.